The van der Waals surface area contributed by atoms with Gasteiger partial charge in [0.1, 0.15) is 23.8 Å². The van der Waals surface area contributed by atoms with Crippen molar-refractivity contribution in [3.63, 3.8) is 0 Å². The Balaban J connectivity index is 1.66. The number of halogens is 1. The molecule has 2 N–H and O–H groups in total. The predicted molar refractivity (Wildman–Crippen MR) is 99.8 cm³/mol. The van der Waals surface area contributed by atoms with Crippen molar-refractivity contribution in [3.05, 3.63) is 72.3 Å². The summed E-state index contributed by atoms with van der Waals surface area (Å²) < 4.78 is 13.7. The van der Waals surface area contributed by atoms with E-state index in [1.54, 1.807) is 18.2 Å². The summed E-state index contributed by atoms with van der Waals surface area (Å²) in [6, 6.07) is 16.5. The Bertz CT molecular complexity index is 833. The molecular weight excluding hydrogens is 317 g/mol. The topological polar surface area (TPSA) is 53.1 Å². The Kier molecular flexibility index (Phi) is 5.09. The monoisotopic (exact) mass is 337 g/mol. The van der Waals surface area contributed by atoms with Gasteiger partial charge in [0, 0.05) is 43.6 Å². The standard InChI is InChI=1S/C19H20FN5/c1-25(2)16-9-7-15(8-10-16)24-19-11-18(22-13-23-19)21-12-14-5-3-4-6-17(14)20/h3-11,13H,12H2,1-2H3,(H2,21,22,23,24). The van der Waals surface area contributed by atoms with Crippen LogP contribution < -0.4 is 15.5 Å². The van der Waals surface area contributed by atoms with Crippen LogP contribution in [-0.2, 0) is 6.54 Å². The first kappa shape index (κ1) is 16.7. The van der Waals surface area contributed by atoms with Crippen molar-refractivity contribution in [1.82, 2.24) is 9.97 Å². The van der Waals surface area contributed by atoms with Crippen molar-refractivity contribution in [1.29, 1.82) is 0 Å². The fraction of sp³-hybridized carbons (Fsp3) is 0.158. The molecule has 25 heavy (non-hydrogen) atoms. The molecule has 0 fully saturated rings. The molecule has 1 aromatic heterocycles. The van der Waals surface area contributed by atoms with Crippen LogP contribution in [0.5, 0.6) is 0 Å². The van der Waals surface area contributed by atoms with Crippen LogP contribution in [0, 0.1) is 5.82 Å². The van der Waals surface area contributed by atoms with E-state index < -0.39 is 0 Å². The van der Waals surface area contributed by atoms with E-state index in [0.29, 0.717) is 23.7 Å². The van der Waals surface area contributed by atoms with Gasteiger partial charge in [0.05, 0.1) is 0 Å². The second-order valence-electron chi connectivity index (χ2n) is 5.80. The fourth-order valence-corrected chi connectivity index (χ4v) is 2.34. The van der Waals surface area contributed by atoms with E-state index in [4.69, 9.17) is 0 Å². The van der Waals surface area contributed by atoms with Crippen LogP contribution in [0.2, 0.25) is 0 Å². The fourth-order valence-electron chi connectivity index (χ4n) is 2.34. The lowest BCUT2D eigenvalue weighted by atomic mass is 10.2. The first-order valence-corrected chi connectivity index (χ1v) is 7.95. The average molecular weight is 337 g/mol. The van der Waals surface area contributed by atoms with Gasteiger partial charge in [-0.05, 0) is 30.3 Å². The lowest BCUT2D eigenvalue weighted by molar-refractivity contribution is 0.613. The maximum absolute atomic E-state index is 13.7. The van der Waals surface area contributed by atoms with Gasteiger partial charge in [0.2, 0.25) is 0 Å². The van der Waals surface area contributed by atoms with E-state index in [-0.39, 0.29) is 5.82 Å². The molecule has 0 amide bonds. The minimum atomic E-state index is -0.233. The van der Waals surface area contributed by atoms with Gasteiger partial charge in [-0.2, -0.15) is 0 Å². The molecule has 0 aliphatic carbocycles. The summed E-state index contributed by atoms with van der Waals surface area (Å²) in [6.45, 7) is 0.362. The summed E-state index contributed by atoms with van der Waals surface area (Å²) in [5.41, 5.74) is 2.65. The molecule has 0 atom stereocenters. The van der Waals surface area contributed by atoms with Crippen LogP contribution in [0.25, 0.3) is 0 Å². The van der Waals surface area contributed by atoms with Gasteiger partial charge < -0.3 is 15.5 Å². The molecule has 5 nitrogen and oxygen atoms in total. The number of hydrogen-bond acceptors (Lipinski definition) is 5. The van der Waals surface area contributed by atoms with Crippen LogP contribution in [0.4, 0.5) is 27.4 Å². The van der Waals surface area contributed by atoms with Gasteiger partial charge in [-0.25, -0.2) is 14.4 Å². The van der Waals surface area contributed by atoms with Crippen molar-refractivity contribution in [3.8, 4) is 0 Å². The zero-order valence-corrected chi connectivity index (χ0v) is 14.2. The SMILES string of the molecule is CN(C)c1ccc(Nc2cc(NCc3ccccc3F)ncn2)cc1. The minimum Gasteiger partial charge on any atom is -0.378 e. The Hall–Kier alpha value is -3.15. The van der Waals surface area contributed by atoms with Gasteiger partial charge in [0.15, 0.2) is 0 Å². The number of aromatic nitrogens is 2. The quantitative estimate of drug-likeness (QED) is 0.711. The Labute approximate surface area is 146 Å². The molecule has 0 bridgehead atoms. The van der Waals surface area contributed by atoms with E-state index in [1.165, 1.54) is 12.4 Å². The Morgan fingerprint density at radius 2 is 1.68 bits per heavy atom. The number of benzene rings is 2. The normalized spacial score (nSPS) is 10.4. The van der Waals surface area contributed by atoms with Crippen molar-refractivity contribution in [2.45, 2.75) is 6.54 Å². The van der Waals surface area contributed by atoms with Gasteiger partial charge in [-0.1, -0.05) is 18.2 Å². The third-order valence-corrected chi connectivity index (χ3v) is 3.74. The lowest BCUT2D eigenvalue weighted by Crippen LogP contribution is -2.08. The summed E-state index contributed by atoms with van der Waals surface area (Å²) in [5, 5.41) is 6.35. The van der Waals surface area contributed by atoms with Crippen LogP contribution in [-0.4, -0.2) is 24.1 Å². The van der Waals surface area contributed by atoms with Crippen LogP contribution in [0.1, 0.15) is 5.56 Å². The highest BCUT2D eigenvalue weighted by molar-refractivity contribution is 5.62. The average Bonchev–Trinajstić information content (AvgIpc) is 2.62. The van der Waals surface area contributed by atoms with Gasteiger partial charge >= 0.3 is 0 Å². The number of nitrogens with one attached hydrogen (secondary N) is 2. The highest BCUT2D eigenvalue weighted by Crippen LogP contribution is 2.20. The molecule has 3 aromatic rings. The molecule has 0 saturated carbocycles. The molecular formula is C19H20FN5. The van der Waals surface area contributed by atoms with E-state index in [9.17, 15) is 4.39 Å². The second-order valence-corrected chi connectivity index (χ2v) is 5.80. The third-order valence-electron chi connectivity index (χ3n) is 3.74. The molecule has 0 aliphatic rings. The maximum atomic E-state index is 13.7. The zero-order chi connectivity index (χ0) is 17.6. The summed E-state index contributed by atoms with van der Waals surface area (Å²) in [6.07, 6.45) is 1.47. The third kappa shape index (κ3) is 4.44. The molecule has 0 spiro atoms. The Morgan fingerprint density at radius 1 is 0.960 bits per heavy atom. The zero-order valence-electron chi connectivity index (χ0n) is 14.2. The van der Waals surface area contributed by atoms with Crippen molar-refractivity contribution >= 4 is 23.0 Å². The molecule has 3 rings (SSSR count). The highest BCUT2D eigenvalue weighted by atomic mass is 19.1. The van der Waals surface area contributed by atoms with E-state index in [0.717, 1.165) is 11.4 Å². The van der Waals surface area contributed by atoms with Gasteiger partial charge in [-0.15, -0.1) is 0 Å². The number of hydrogen-bond donors (Lipinski definition) is 2. The molecule has 0 saturated heterocycles. The molecule has 6 heteroatoms. The smallest absolute Gasteiger partial charge is 0.135 e. The molecule has 0 aliphatic heterocycles. The molecule has 1 heterocycles. The summed E-state index contributed by atoms with van der Waals surface area (Å²) >= 11 is 0. The summed E-state index contributed by atoms with van der Waals surface area (Å²) in [7, 11) is 4.00. The van der Waals surface area contributed by atoms with Crippen LogP contribution in [0.3, 0.4) is 0 Å². The van der Waals surface area contributed by atoms with Crippen LogP contribution >= 0.6 is 0 Å². The molecule has 0 radical (unpaired) electrons. The highest BCUT2D eigenvalue weighted by Gasteiger charge is 2.03. The molecule has 128 valence electrons. The summed E-state index contributed by atoms with van der Waals surface area (Å²) in [4.78, 5) is 10.4. The summed E-state index contributed by atoms with van der Waals surface area (Å²) in [5.74, 6) is 1.07. The molecule has 0 unspecified atom stereocenters. The number of anilines is 4. The van der Waals surface area contributed by atoms with Crippen molar-refractivity contribution in [2.24, 2.45) is 0 Å². The largest absolute Gasteiger partial charge is 0.378 e. The van der Waals surface area contributed by atoms with E-state index in [1.807, 2.05) is 49.3 Å². The van der Waals surface area contributed by atoms with Crippen molar-refractivity contribution in [2.75, 3.05) is 29.6 Å². The predicted octanol–water partition coefficient (Wildman–Crippen LogP) is 4.04. The number of rotatable bonds is 6. The number of nitrogens with zero attached hydrogens (tertiary/aromatic N) is 3. The van der Waals surface area contributed by atoms with E-state index in [2.05, 4.69) is 20.6 Å². The maximum Gasteiger partial charge on any atom is 0.135 e. The second kappa shape index (κ2) is 7.61. The van der Waals surface area contributed by atoms with Gasteiger partial charge in [0.25, 0.3) is 0 Å². The minimum absolute atomic E-state index is 0.233. The Morgan fingerprint density at radius 3 is 2.40 bits per heavy atom. The first-order valence-electron chi connectivity index (χ1n) is 7.95. The first-order chi connectivity index (χ1) is 12.1. The lowest BCUT2D eigenvalue weighted by Gasteiger charge is -2.13. The van der Waals surface area contributed by atoms with Gasteiger partial charge in [-0.3, -0.25) is 0 Å². The van der Waals surface area contributed by atoms with Crippen molar-refractivity contribution < 1.29 is 4.39 Å². The van der Waals surface area contributed by atoms with Crippen LogP contribution in [0.15, 0.2) is 60.9 Å². The molecule has 2 aromatic carbocycles. The van der Waals surface area contributed by atoms with E-state index >= 15 is 0 Å².